The zero-order valence-corrected chi connectivity index (χ0v) is 34.5. The molecule has 2 aliphatic heterocycles. The van der Waals surface area contributed by atoms with Gasteiger partial charge in [0.15, 0.2) is 6.29 Å². The van der Waals surface area contributed by atoms with E-state index in [4.69, 9.17) is 14.2 Å². The molecule has 5 unspecified atom stereocenters. The summed E-state index contributed by atoms with van der Waals surface area (Å²) in [6, 6.07) is 40.3. The summed E-state index contributed by atoms with van der Waals surface area (Å²) in [6.07, 6.45) is 0.986. The average molecular weight is 824 g/mol. The van der Waals surface area contributed by atoms with Crippen molar-refractivity contribution in [1.29, 1.82) is 0 Å². The highest BCUT2D eigenvalue weighted by atomic mass is 16.7. The number of piperidine rings is 1. The Kier molecular flexibility index (Phi) is 13.1. The standard InChI is InChI=1S/C49H53N5O7/c1-32-44(30-53-24-22-40(23-25-53)54-43-17-7-6-16-41(43)52-49(54)58)60-47(61-45(32)36-20-18-34(31-55)19-21-36)39-15-9-14-38(28-39)37-13-8-12-35(26-37)29-50-48(57)51-42(46(56)59-2)27-33-10-4-3-5-11-33/h3-21,26,28,32,40,42,44-45,47,55H,22-25,27,29-31H2,1-2H3,(H,52,58)(H2,50,51,57). The molecule has 3 heterocycles. The third-order valence-corrected chi connectivity index (χ3v) is 12.1. The second-order valence-corrected chi connectivity index (χ2v) is 16.1. The third kappa shape index (κ3) is 9.79. The van der Waals surface area contributed by atoms with E-state index in [1.54, 1.807) is 0 Å². The van der Waals surface area contributed by atoms with Gasteiger partial charge in [-0.1, -0.05) is 110 Å². The normalized spacial score (nSPS) is 20.2. The van der Waals surface area contributed by atoms with E-state index in [1.807, 2.05) is 126 Å². The Bertz CT molecular complexity index is 2480. The number of carbonyl (C=O) groups excluding carboxylic acids is 2. The van der Waals surface area contributed by atoms with Crippen molar-refractivity contribution in [1.82, 2.24) is 25.1 Å². The van der Waals surface area contributed by atoms with E-state index in [9.17, 15) is 19.5 Å². The highest BCUT2D eigenvalue weighted by molar-refractivity contribution is 5.83. The number of aromatic nitrogens is 2. The lowest BCUT2D eigenvalue weighted by Gasteiger charge is -2.44. The molecule has 2 aliphatic rings. The Balaban J connectivity index is 0.957. The first-order valence-electron chi connectivity index (χ1n) is 21.0. The number of aliphatic hydroxyl groups is 1. The second kappa shape index (κ2) is 19.1. The number of aromatic amines is 1. The fraction of sp³-hybridized carbons (Fsp3) is 0.327. The van der Waals surface area contributed by atoms with Crippen LogP contribution in [0.4, 0.5) is 4.79 Å². The largest absolute Gasteiger partial charge is 0.467 e. The van der Waals surface area contributed by atoms with Crippen molar-refractivity contribution >= 4 is 23.0 Å². The van der Waals surface area contributed by atoms with Crippen molar-refractivity contribution < 1.29 is 28.9 Å². The number of likely N-dealkylation sites (tertiary alicyclic amines) is 1. The maximum atomic E-state index is 13.0. The first-order valence-corrected chi connectivity index (χ1v) is 21.0. The molecule has 2 amide bonds. The monoisotopic (exact) mass is 823 g/mol. The van der Waals surface area contributed by atoms with Crippen LogP contribution in [0, 0.1) is 5.92 Å². The molecule has 8 rings (SSSR count). The minimum atomic E-state index is -0.830. The zero-order chi connectivity index (χ0) is 42.3. The topological polar surface area (TPSA) is 147 Å². The molecule has 4 N–H and O–H groups in total. The van der Waals surface area contributed by atoms with Gasteiger partial charge < -0.3 is 39.8 Å². The Hall–Kier alpha value is -6.05. The van der Waals surface area contributed by atoms with Gasteiger partial charge >= 0.3 is 17.7 Å². The summed E-state index contributed by atoms with van der Waals surface area (Å²) in [5.74, 6) is -0.490. The van der Waals surface area contributed by atoms with Crippen molar-refractivity contribution in [3.8, 4) is 11.1 Å². The number of benzene rings is 5. The first-order chi connectivity index (χ1) is 29.8. The number of carbonyl (C=O) groups is 2. The first kappa shape index (κ1) is 41.7. The van der Waals surface area contributed by atoms with Crippen LogP contribution in [0.1, 0.15) is 66.0 Å². The molecule has 5 atom stereocenters. The summed E-state index contributed by atoms with van der Waals surface area (Å²) in [6.45, 7) is 4.80. The Morgan fingerprint density at radius 3 is 2.28 bits per heavy atom. The van der Waals surface area contributed by atoms with Crippen LogP contribution < -0.4 is 16.3 Å². The molecule has 316 valence electrons. The van der Waals surface area contributed by atoms with Gasteiger partial charge in [0.2, 0.25) is 0 Å². The second-order valence-electron chi connectivity index (χ2n) is 16.1. The minimum absolute atomic E-state index is 0.0241. The van der Waals surface area contributed by atoms with Crippen molar-refractivity contribution in [2.24, 2.45) is 5.92 Å². The highest BCUT2D eigenvalue weighted by Gasteiger charge is 2.40. The number of methoxy groups -OCH3 is 1. The number of nitrogens with zero attached hydrogens (tertiary/aromatic N) is 2. The molecular weight excluding hydrogens is 771 g/mol. The summed E-state index contributed by atoms with van der Waals surface area (Å²) in [5.41, 5.74) is 8.24. The number of nitrogens with one attached hydrogen (secondary N) is 3. The maximum absolute atomic E-state index is 13.0. The van der Waals surface area contributed by atoms with Crippen LogP contribution >= 0.6 is 0 Å². The van der Waals surface area contributed by atoms with Crippen molar-refractivity contribution in [2.45, 2.75) is 69.9 Å². The van der Waals surface area contributed by atoms with Crippen LogP contribution in [0.2, 0.25) is 0 Å². The van der Waals surface area contributed by atoms with E-state index in [-0.39, 0.29) is 43.0 Å². The van der Waals surface area contributed by atoms with Crippen LogP contribution in [-0.2, 0) is 38.6 Å². The number of aliphatic hydroxyl groups excluding tert-OH is 1. The zero-order valence-electron chi connectivity index (χ0n) is 34.5. The number of amides is 2. The van der Waals surface area contributed by atoms with Gasteiger partial charge in [-0.3, -0.25) is 4.57 Å². The van der Waals surface area contributed by atoms with Gasteiger partial charge in [0.05, 0.1) is 37.0 Å². The van der Waals surface area contributed by atoms with Crippen LogP contribution in [0.3, 0.4) is 0 Å². The van der Waals surface area contributed by atoms with Gasteiger partial charge in [-0.2, -0.15) is 0 Å². The van der Waals surface area contributed by atoms with Crippen LogP contribution in [0.25, 0.3) is 22.2 Å². The lowest BCUT2D eigenvalue weighted by atomic mass is 9.89. The van der Waals surface area contributed by atoms with E-state index >= 15 is 0 Å². The molecule has 0 spiro atoms. The SMILES string of the molecule is COC(=O)C(Cc1ccccc1)NC(=O)NCc1cccc(-c2cccc(C3OC(CN4CCC(n5c(=O)[nH]c6ccccc65)CC4)C(C)C(c4ccc(CO)cc4)O3)c2)c1. The van der Waals surface area contributed by atoms with Gasteiger partial charge in [-0.15, -0.1) is 0 Å². The van der Waals surface area contributed by atoms with Gasteiger partial charge in [-0.05, 0) is 70.5 Å². The van der Waals surface area contributed by atoms with Crippen molar-refractivity contribution in [3.05, 3.63) is 166 Å². The van der Waals surface area contributed by atoms with Crippen LogP contribution in [0.5, 0.6) is 0 Å². The van der Waals surface area contributed by atoms with Gasteiger partial charge in [0.1, 0.15) is 6.04 Å². The van der Waals surface area contributed by atoms with E-state index < -0.39 is 24.3 Å². The van der Waals surface area contributed by atoms with Crippen LogP contribution in [0.15, 0.2) is 132 Å². The smallest absolute Gasteiger partial charge is 0.328 e. The van der Waals surface area contributed by atoms with Crippen LogP contribution in [-0.4, -0.2) is 70.4 Å². The fourth-order valence-electron chi connectivity index (χ4n) is 8.68. The number of esters is 1. The predicted molar refractivity (Wildman–Crippen MR) is 233 cm³/mol. The molecule has 0 radical (unpaired) electrons. The fourth-order valence-corrected chi connectivity index (χ4v) is 8.68. The molecule has 1 aromatic heterocycles. The summed E-state index contributed by atoms with van der Waals surface area (Å²) in [4.78, 5) is 43.9. The lowest BCUT2D eigenvalue weighted by molar-refractivity contribution is -0.276. The number of H-pyrrole nitrogens is 1. The lowest BCUT2D eigenvalue weighted by Crippen LogP contribution is -2.47. The number of hydrogen-bond donors (Lipinski definition) is 4. The number of fused-ring (bicyclic) bond motifs is 1. The Morgan fingerprint density at radius 2 is 1.52 bits per heavy atom. The Morgan fingerprint density at radius 1 is 0.820 bits per heavy atom. The minimum Gasteiger partial charge on any atom is -0.467 e. The molecule has 5 aromatic carbocycles. The summed E-state index contributed by atoms with van der Waals surface area (Å²) in [5, 5.41) is 15.4. The number of ether oxygens (including phenoxy) is 3. The molecule has 0 bridgehead atoms. The summed E-state index contributed by atoms with van der Waals surface area (Å²) in [7, 11) is 1.31. The number of hydrogen-bond acceptors (Lipinski definition) is 8. The summed E-state index contributed by atoms with van der Waals surface area (Å²) >= 11 is 0. The van der Waals surface area contributed by atoms with E-state index in [0.717, 1.165) is 82.5 Å². The number of urea groups is 1. The summed E-state index contributed by atoms with van der Waals surface area (Å²) < 4.78 is 20.6. The average Bonchev–Trinajstić information content (AvgIpc) is 3.64. The molecule has 2 fully saturated rings. The number of imidazole rings is 1. The maximum Gasteiger partial charge on any atom is 0.328 e. The third-order valence-electron chi connectivity index (χ3n) is 12.1. The van der Waals surface area contributed by atoms with Crippen molar-refractivity contribution in [3.63, 3.8) is 0 Å². The van der Waals surface area contributed by atoms with Gasteiger partial charge in [0.25, 0.3) is 0 Å². The van der Waals surface area contributed by atoms with E-state index in [1.165, 1.54) is 7.11 Å². The molecule has 6 aromatic rings. The quantitative estimate of drug-likeness (QED) is 0.0895. The Labute approximate surface area is 355 Å². The van der Waals surface area contributed by atoms with Crippen molar-refractivity contribution in [2.75, 3.05) is 26.7 Å². The molecule has 61 heavy (non-hydrogen) atoms. The predicted octanol–water partition coefficient (Wildman–Crippen LogP) is 7.20. The molecule has 12 heteroatoms. The molecule has 0 aliphatic carbocycles. The number of para-hydroxylation sites is 2. The molecule has 2 saturated heterocycles. The molecule has 0 saturated carbocycles. The van der Waals surface area contributed by atoms with Gasteiger partial charge in [-0.25, -0.2) is 14.4 Å². The number of rotatable bonds is 13. The van der Waals surface area contributed by atoms with Gasteiger partial charge in [0, 0.05) is 50.1 Å². The highest BCUT2D eigenvalue weighted by Crippen LogP contribution is 2.43. The van der Waals surface area contributed by atoms with E-state index in [2.05, 4.69) is 33.5 Å². The molecular formula is C49H53N5O7. The molecule has 12 nitrogen and oxygen atoms in total. The van der Waals surface area contributed by atoms with E-state index in [0.29, 0.717) is 6.42 Å².